The highest BCUT2D eigenvalue weighted by molar-refractivity contribution is 5.80. The molecule has 0 aliphatic rings. The lowest BCUT2D eigenvalue weighted by Gasteiger charge is -2.18. The molecule has 2 aromatic carbocycles. The molecule has 2 aromatic heterocycles. The molecule has 0 atom stereocenters. The molecule has 0 unspecified atom stereocenters. The van der Waals surface area contributed by atoms with Crippen molar-refractivity contribution in [2.75, 3.05) is 21.3 Å². The number of aryl methyl sites for hydroxylation is 1. The molecule has 0 bridgehead atoms. The van der Waals surface area contributed by atoms with E-state index in [4.69, 9.17) is 9.47 Å². The van der Waals surface area contributed by atoms with Crippen LogP contribution in [-0.4, -0.2) is 45.3 Å². The van der Waals surface area contributed by atoms with Crippen LogP contribution in [0.25, 0.3) is 16.7 Å². The maximum atomic E-state index is 12.8. The second kappa shape index (κ2) is 8.16. The third kappa shape index (κ3) is 3.39. The van der Waals surface area contributed by atoms with Crippen LogP contribution >= 0.6 is 0 Å². The van der Waals surface area contributed by atoms with Crippen LogP contribution in [0.3, 0.4) is 0 Å². The Morgan fingerprint density at radius 3 is 2.57 bits per heavy atom. The van der Waals surface area contributed by atoms with Crippen LogP contribution in [0.4, 0.5) is 0 Å². The number of ether oxygens (including phenoxy) is 2. The van der Waals surface area contributed by atoms with E-state index in [-0.39, 0.29) is 5.56 Å². The second-order valence-corrected chi connectivity index (χ2v) is 7.17. The molecule has 8 nitrogen and oxygen atoms in total. The van der Waals surface area contributed by atoms with Crippen molar-refractivity contribution in [3.8, 4) is 11.5 Å². The van der Waals surface area contributed by atoms with Gasteiger partial charge in [0.25, 0.3) is 5.56 Å². The Kier molecular flexibility index (Phi) is 5.41. The van der Waals surface area contributed by atoms with Gasteiger partial charge in [-0.05, 0) is 32.2 Å². The first kappa shape index (κ1) is 19.9. The van der Waals surface area contributed by atoms with Gasteiger partial charge in [0.05, 0.1) is 31.7 Å². The first-order valence-electron chi connectivity index (χ1n) is 9.82. The summed E-state index contributed by atoms with van der Waals surface area (Å²) in [5.74, 6) is 2.87. The summed E-state index contributed by atoms with van der Waals surface area (Å²) in [5.41, 5.74) is 1.82. The van der Waals surface area contributed by atoms with Crippen LogP contribution in [0.5, 0.6) is 11.5 Å². The molecule has 0 amide bonds. The van der Waals surface area contributed by atoms with Gasteiger partial charge in [-0.3, -0.25) is 18.7 Å². The van der Waals surface area contributed by atoms with E-state index < -0.39 is 0 Å². The second-order valence-electron chi connectivity index (χ2n) is 7.17. The average molecular weight is 407 g/mol. The lowest BCUT2D eigenvalue weighted by Crippen LogP contribution is -2.24. The molecule has 8 heteroatoms. The van der Waals surface area contributed by atoms with Gasteiger partial charge in [0, 0.05) is 24.7 Å². The van der Waals surface area contributed by atoms with Gasteiger partial charge in [-0.1, -0.05) is 18.2 Å². The summed E-state index contributed by atoms with van der Waals surface area (Å²) in [6.07, 6.45) is 0. The van der Waals surface area contributed by atoms with Crippen LogP contribution in [0, 0.1) is 0 Å². The average Bonchev–Trinajstić information content (AvgIpc) is 3.17. The van der Waals surface area contributed by atoms with E-state index in [0.29, 0.717) is 30.8 Å². The molecular weight excluding hydrogens is 382 g/mol. The Labute approximate surface area is 174 Å². The zero-order chi connectivity index (χ0) is 21.3. The number of methoxy groups -OCH3 is 2. The Balaban J connectivity index is 1.71. The summed E-state index contributed by atoms with van der Waals surface area (Å²) in [6.45, 7) is 3.69. The maximum Gasteiger partial charge on any atom is 0.262 e. The van der Waals surface area contributed by atoms with E-state index in [1.807, 2.05) is 60.8 Å². The van der Waals surface area contributed by atoms with Crippen molar-refractivity contribution in [2.45, 2.75) is 26.6 Å². The number of rotatable bonds is 7. The lowest BCUT2D eigenvalue weighted by atomic mass is 10.2. The summed E-state index contributed by atoms with van der Waals surface area (Å²) in [7, 11) is 5.31. The molecule has 4 aromatic rings. The highest BCUT2D eigenvalue weighted by atomic mass is 16.5. The fourth-order valence-electron chi connectivity index (χ4n) is 3.77. The van der Waals surface area contributed by atoms with E-state index >= 15 is 0 Å². The number of hydrogen-bond donors (Lipinski definition) is 0. The predicted octanol–water partition coefficient (Wildman–Crippen LogP) is 2.71. The SMILES string of the molecule is CCn1c(=O)c2ccccc2n2c(CN(C)Cc3ccc(OC)cc3OC)nnc12. The molecule has 0 radical (unpaired) electrons. The number of para-hydroxylation sites is 1. The summed E-state index contributed by atoms with van der Waals surface area (Å²) in [5, 5.41) is 9.39. The van der Waals surface area contributed by atoms with Crippen molar-refractivity contribution in [2.24, 2.45) is 0 Å². The molecule has 0 spiro atoms. The largest absolute Gasteiger partial charge is 0.497 e. The zero-order valence-corrected chi connectivity index (χ0v) is 17.6. The molecule has 4 rings (SSSR count). The summed E-state index contributed by atoms with van der Waals surface area (Å²) in [6, 6.07) is 13.4. The van der Waals surface area contributed by atoms with Gasteiger partial charge >= 0.3 is 0 Å². The summed E-state index contributed by atoms with van der Waals surface area (Å²) in [4.78, 5) is 15.0. The highest BCUT2D eigenvalue weighted by Gasteiger charge is 2.17. The molecule has 0 fully saturated rings. The molecule has 30 heavy (non-hydrogen) atoms. The number of benzene rings is 2. The van der Waals surface area contributed by atoms with Gasteiger partial charge in [-0.2, -0.15) is 0 Å². The molecule has 0 N–H and O–H groups in total. The minimum atomic E-state index is -0.0455. The topological polar surface area (TPSA) is 73.9 Å². The Bertz CT molecular complexity index is 1260. The van der Waals surface area contributed by atoms with Crippen LogP contribution < -0.4 is 15.0 Å². The monoisotopic (exact) mass is 407 g/mol. The molecular formula is C22H25N5O3. The summed E-state index contributed by atoms with van der Waals surface area (Å²) >= 11 is 0. The molecule has 0 saturated carbocycles. The van der Waals surface area contributed by atoms with Gasteiger partial charge in [0.2, 0.25) is 5.78 Å². The normalized spacial score (nSPS) is 11.5. The molecule has 0 aliphatic carbocycles. The van der Waals surface area contributed by atoms with Crippen LogP contribution in [-0.2, 0) is 19.6 Å². The standard InChI is InChI=1S/C22H25N5O3/c1-5-26-21(28)17-8-6-7-9-18(17)27-20(23-24-22(26)27)14-25(2)13-15-10-11-16(29-3)12-19(15)30-4/h6-12H,5,13-14H2,1-4H3. The smallest absolute Gasteiger partial charge is 0.262 e. The highest BCUT2D eigenvalue weighted by Crippen LogP contribution is 2.26. The third-order valence-corrected chi connectivity index (χ3v) is 5.24. The van der Waals surface area contributed by atoms with Crippen molar-refractivity contribution in [1.82, 2.24) is 24.1 Å². The quantitative estimate of drug-likeness (QED) is 0.469. The molecule has 156 valence electrons. The maximum absolute atomic E-state index is 12.8. The minimum absolute atomic E-state index is 0.0455. The van der Waals surface area contributed by atoms with Crippen molar-refractivity contribution in [1.29, 1.82) is 0 Å². The van der Waals surface area contributed by atoms with Gasteiger partial charge in [0.15, 0.2) is 5.82 Å². The van der Waals surface area contributed by atoms with E-state index in [2.05, 4.69) is 15.1 Å². The molecule has 0 aliphatic heterocycles. The van der Waals surface area contributed by atoms with Crippen LogP contribution in [0.1, 0.15) is 18.3 Å². The van der Waals surface area contributed by atoms with E-state index in [0.717, 1.165) is 28.4 Å². The van der Waals surface area contributed by atoms with E-state index in [1.165, 1.54) is 0 Å². The Hall–Kier alpha value is -3.39. The van der Waals surface area contributed by atoms with Crippen molar-refractivity contribution in [3.63, 3.8) is 0 Å². The molecule has 0 saturated heterocycles. The summed E-state index contributed by atoms with van der Waals surface area (Å²) < 4.78 is 14.4. The number of fused-ring (bicyclic) bond motifs is 3. The third-order valence-electron chi connectivity index (χ3n) is 5.24. The van der Waals surface area contributed by atoms with E-state index in [9.17, 15) is 4.79 Å². The Morgan fingerprint density at radius 1 is 1.03 bits per heavy atom. The van der Waals surface area contributed by atoms with Crippen molar-refractivity contribution >= 4 is 16.7 Å². The van der Waals surface area contributed by atoms with E-state index in [1.54, 1.807) is 18.8 Å². The van der Waals surface area contributed by atoms with Crippen molar-refractivity contribution < 1.29 is 9.47 Å². The van der Waals surface area contributed by atoms with Crippen LogP contribution in [0.2, 0.25) is 0 Å². The van der Waals surface area contributed by atoms with Gasteiger partial charge in [-0.15, -0.1) is 10.2 Å². The lowest BCUT2D eigenvalue weighted by molar-refractivity contribution is 0.301. The first-order valence-corrected chi connectivity index (χ1v) is 9.82. The number of nitrogens with zero attached hydrogens (tertiary/aromatic N) is 5. The number of hydrogen-bond acceptors (Lipinski definition) is 6. The van der Waals surface area contributed by atoms with Crippen LogP contribution in [0.15, 0.2) is 47.3 Å². The first-order chi connectivity index (χ1) is 14.6. The zero-order valence-electron chi connectivity index (χ0n) is 17.6. The fourth-order valence-corrected chi connectivity index (χ4v) is 3.77. The van der Waals surface area contributed by atoms with Crippen molar-refractivity contribution in [3.05, 3.63) is 64.2 Å². The predicted molar refractivity (Wildman–Crippen MR) is 115 cm³/mol. The molecule has 2 heterocycles. The van der Waals surface area contributed by atoms with Gasteiger partial charge in [0.1, 0.15) is 11.5 Å². The Morgan fingerprint density at radius 2 is 1.83 bits per heavy atom. The fraction of sp³-hybridized carbons (Fsp3) is 0.318. The van der Waals surface area contributed by atoms with Gasteiger partial charge < -0.3 is 9.47 Å². The minimum Gasteiger partial charge on any atom is -0.497 e. The number of aromatic nitrogens is 4. The van der Waals surface area contributed by atoms with Gasteiger partial charge in [-0.25, -0.2) is 0 Å².